The Labute approximate surface area is 92.6 Å². The van der Waals surface area contributed by atoms with E-state index in [0.717, 1.165) is 12.0 Å². The Bertz CT molecular complexity index is 294. The van der Waals surface area contributed by atoms with Crippen molar-refractivity contribution in [2.24, 2.45) is 5.92 Å². The van der Waals surface area contributed by atoms with E-state index in [-0.39, 0.29) is 11.7 Å². The van der Waals surface area contributed by atoms with E-state index >= 15 is 0 Å². The van der Waals surface area contributed by atoms with Gasteiger partial charge in [0.2, 0.25) is 0 Å². The van der Waals surface area contributed by atoms with Crippen LogP contribution in [0.25, 0.3) is 0 Å². The monoisotopic (exact) mass is 204 g/mol. The summed E-state index contributed by atoms with van der Waals surface area (Å²) < 4.78 is 0. The first-order valence-corrected chi connectivity index (χ1v) is 5.85. The fourth-order valence-corrected chi connectivity index (χ4v) is 1.67. The average Bonchev–Trinajstić information content (AvgIpc) is 2.54. The Balaban J connectivity index is 2.34. The third kappa shape index (κ3) is 3.86. The molecular formula is C14H20O. The van der Waals surface area contributed by atoms with Crippen LogP contribution in [0.5, 0.6) is 0 Å². The van der Waals surface area contributed by atoms with Gasteiger partial charge in [0.1, 0.15) is 0 Å². The van der Waals surface area contributed by atoms with Gasteiger partial charge in [-0.1, -0.05) is 51.0 Å². The quantitative estimate of drug-likeness (QED) is 0.491. The van der Waals surface area contributed by atoms with Crippen LogP contribution in [0.2, 0.25) is 0 Å². The number of unbranched alkanes of at least 4 members (excludes halogenated alkanes) is 3. The molecule has 0 saturated carbocycles. The number of carbonyl (C=O) groups is 1. The van der Waals surface area contributed by atoms with Gasteiger partial charge in [-0.15, -0.1) is 0 Å². The first-order chi connectivity index (χ1) is 7.25. The van der Waals surface area contributed by atoms with Crippen LogP contribution in [-0.2, 0) is 4.79 Å². The minimum atomic E-state index is 0.167. The number of allylic oxidation sites excluding steroid dienone is 6. The molecule has 1 nitrogen and oxygen atoms in total. The summed E-state index contributed by atoms with van der Waals surface area (Å²) >= 11 is 0. The number of hydrogen-bond donors (Lipinski definition) is 0. The summed E-state index contributed by atoms with van der Waals surface area (Å²) in [5.74, 6) is 0.457. The second kappa shape index (κ2) is 6.39. The van der Waals surface area contributed by atoms with Crippen LogP contribution in [0, 0.1) is 5.92 Å². The lowest BCUT2D eigenvalue weighted by molar-refractivity contribution is -0.111. The highest BCUT2D eigenvalue weighted by atomic mass is 16.1. The molecule has 0 N–H and O–H groups in total. The van der Waals surface area contributed by atoms with Crippen molar-refractivity contribution in [3.05, 3.63) is 36.0 Å². The van der Waals surface area contributed by atoms with Gasteiger partial charge < -0.3 is 0 Å². The molecule has 0 aromatic heterocycles. The van der Waals surface area contributed by atoms with Crippen molar-refractivity contribution in [1.29, 1.82) is 0 Å². The van der Waals surface area contributed by atoms with Gasteiger partial charge in [-0.05, 0) is 18.9 Å². The number of carbonyl (C=O) groups excluding carboxylic acids is 1. The van der Waals surface area contributed by atoms with E-state index < -0.39 is 0 Å². The summed E-state index contributed by atoms with van der Waals surface area (Å²) in [5, 5.41) is 0. The SMILES string of the molecule is CCCCC/C=C\C=C1\C(=O)C=C[C@H]1C. The Morgan fingerprint density at radius 1 is 1.40 bits per heavy atom. The molecule has 1 aliphatic rings. The molecule has 82 valence electrons. The van der Waals surface area contributed by atoms with Crippen molar-refractivity contribution in [2.75, 3.05) is 0 Å². The summed E-state index contributed by atoms with van der Waals surface area (Å²) in [6.45, 7) is 4.26. The Morgan fingerprint density at radius 2 is 2.20 bits per heavy atom. The average molecular weight is 204 g/mol. The molecule has 1 rings (SSSR count). The van der Waals surface area contributed by atoms with Gasteiger partial charge in [-0.25, -0.2) is 0 Å². The van der Waals surface area contributed by atoms with Gasteiger partial charge >= 0.3 is 0 Å². The van der Waals surface area contributed by atoms with Gasteiger partial charge in [0.25, 0.3) is 0 Å². The molecule has 0 amide bonds. The Morgan fingerprint density at radius 3 is 2.80 bits per heavy atom. The number of ketones is 1. The summed E-state index contributed by atoms with van der Waals surface area (Å²) in [6, 6.07) is 0. The van der Waals surface area contributed by atoms with Gasteiger partial charge in [0, 0.05) is 11.5 Å². The van der Waals surface area contributed by atoms with E-state index in [1.807, 2.05) is 18.2 Å². The zero-order chi connectivity index (χ0) is 11.1. The molecule has 0 spiro atoms. The highest BCUT2D eigenvalue weighted by molar-refractivity contribution is 6.07. The van der Waals surface area contributed by atoms with Gasteiger partial charge in [-0.2, -0.15) is 0 Å². The van der Waals surface area contributed by atoms with E-state index in [2.05, 4.69) is 19.9 Å². The summed E-state index contributed by atoms with van der Waals surface area (Å²) in [6.07, 6.45) is 14.7. The minimum Gasteiger partial charge on any atom is -0.290 e. The molecule has 1 atom stereocenters. The molecule has 1 aliphatic carbocycles. The molecule has 15 heavy (non-hydrogen) atoms. The van der Waals surface area contributed by atoms with Gasteiger partial charge in [-0.3, -0.25) is 4.79 Å². The van der Waals surface area contributed by atoms with E-state index in [0.29, 0.717) is 0 Å². The van der Waals surface area contributed by atoms with Crippen LogP contribution < -0.4 is 0 Å². The fourth-order valence-electron chi connectivity index (χ4n) is 1.67. The molecule has 0 fully saturated rings. The normalized spacial score (nSPS) is 23.5. The zero-order valence-electron chi connectivity index (χ0n) is 9.70. The van der Waals surface area contributed by atoms with Crippen molar-refractivity contribution in [1.82, 2.24) is 0 Å². The Hall–Kier alpha value is -1.11. The molecule has 0 saturated heterocycles. The smallest absolute Gasteiger partial charge is 0.182 e. The van der Waals surface area contributed by atoms with Crippen LogP contribution in [0.3, 0.4) is 0 Å². The summed E-state index contributed by atoms with van der Waals surface area (Å²) in [7, 11) is 0. The molecule has 0 radical (unpaired) electrons. The van der Waals surface area contributed by atoms with Crippen LogP contribution in [-0.4, -0.2) is 5.78 Å². The zero-order valence-corrected chi connectivity index (χ0v) is 9.70. The fraction of sp³-hybridized carbons (Fsp3) is 0.500. The van der Waals surface area contributed by atoms with Crippen molar-refractivity contribution in [2.45, 2.75) is 39.5 Å². The van der Waals surface area contributed by atoms with E-state index in [1.54, 1.807) is 6.08 Å². The lowest BCUT2D eigenvalue weighted by Crippen LogP contribution is -1.97. The molecule has 0 aromatic rings. The minimum absolute atomic E-state index is 0.167. The van der Waals surface area contributed by atoms with Crippen LogP contribution >= 0.6 is 0 Å². The first kappa shape index (κ1) is 12.0. The maximum atomic E-state index is 11.4. The molecule has 0 aliphatic heterocycles. The van der Waals surface area contributed by atoms with E-state index in [1.165, 1.54) is 19.3 Å². The van der Waals surface area contributed by atoms with Crippen LogP contribution in [0.4, 0.5) is 0 Å². The number of hydrogen-bond acceptors (Lipinski definition) is 1. The van der Waals surface area contributed by atoms with Crippen molar-refractivity contribution < 1.29 is 4.79 Å². The first-order valence-electron chi connectivity index (χ1n) is 5.85. The topological polar surface area (TPSA) is 17.1 Å². The number of rotatable bonds is 5. The van der Waals surface area contributed by atoms with Crippen molar-refractivity contribution in [3.63, 3.8) is 0 Å². The molecular weight excluding hydrogens is 184 g/mol. The molecule has 0 bridgehead atoms. The molecule has 1 heteroatoms. The predicted molar refractivity (Wildman–Crippen MR) is 64.7 cm³/mol. The van der Waals surface area contributed by atoms with Crippen molar-refractivity contribution in [3.8, 4) is 0 Å². The predicted octanol–water partition coefficient (Wildman–Crippen LogP) is 3.82. The van der Waals surface area contributed by atoms with Crippen LogP contribution in [0.1, 0.15) is 39.5 Å². The highest BCUT2D eigenvalue weighted by Gasteiger charge is 2.17. The summed E-state index contributed by atoms with van der Waals surface area (Å²) in [4.78, 5) is 11.4. The lowest BCUT2D eigenvalue weighted by Gasteiger charge is -1.99. The maximum Gasteiger partial charge on any atom is 0.182 e. The largest absolute Gasteiger partial charge is 0.290 e. The Kier molecular flexibility index (Phi) is 5.09. The molecule has 0 unspecified atom stereocenters. The van der Waals surface area contributed by atoms with Gasteiger partial charge in [0.05, 0.1) is 0 Å². The maximum absolute atomic E-state index is 11.4. The van der Waals surface area contributed by atoms with E-state index in [9.17, 15) is 4.79 Å². The van der Waals surface area contributed by atoms with Crippen molar-refractivity contribution >= 4 is 5.78 Å². The third-order valence-corrected chi connectivity index (χ3v) is 2.70. The standard InChI is InChI=1S/C14H20O/c1-3-4-5-6-7-8-9-13-12(2)10-11-14(13)15/h7-12H,3-6H2,1-2H3/b8-7-,13-9+/t12-/m1/s1. The molecule has 0 aromatic carbocycles. The third-order valence-electron chi connectivity index (χ3n) is 2.70. The molecule has 0 heterocycles. The lowest BCUT2D eigenvalue weighted by atomic mass is 10.0. The second-order valence-corrected chi connectivity index (χ2v) is 4.06. The van der Waals surface area contributed by atoms with Crippen LogP contribution in [0.15, 0.2) is 36.0 Å². The second-order valence-electron chi connectivity index (χ2n) is 4.06. The highest BCUT2D eigenvalue weighted by Crippen LogP contribution is 2.20. The summed E-state index contributed by atoms with van der Waals surface area (Å²) in [5.41, 5.74) is 0.918. The van der Waals surface area contributed by atoms with Gasteiger partial charge in [0.15, 0.2) is 5.78 Å². The van der Waals surface area contributed by atoms with E-state index in [4.69, 9.17) is 0 Å².